The molecule has 1 fully saturated rings. The molecule has 5 nitrogen and oxygen atoms in total. The minimum Gasteiger partial charge on any atom is -0.468 e. The molecule has 2 unspecified atom stereocenters. The van der Waals surface area contributed by atoms with E-state index < -0.39 is 0 Å². The van der Waals surface area contributed by atoms with Crippen molar-refractivity contribution < 1.29 is 9.53 Å². The van der Waals surface area contributed by atoms with Gasteiger partial charge in [-0.1, -0.05) is 25.1 Å². The van der Waals surface area contributed by atoms with Gasteiger partial charge in [0, 0.05) is 6.04 Å². The number of hydrogen-bond acceptors (Lipinski definition) is 6. The predicted molar refractivity (Wildman–Crippen MR) is 70.6 cm³/mol. The van der Waals surface area contributed by atoms with Crippen LogP contribution >= 0.6 is 11.8 Å². The molecular formula is C12H17N3O2S. The molecule has 0 saturated heterocycles. The van der Waals surface area contributed by atoms with E-state index in [1.54, 1.807) is 12.4 Å². The van der Waals surface area contributed by atoms with Crippen molar-refractivity contribution >= 4 is 23.5 Å². The highest BCUT2D eigenvalue weighted by Crippen LogP contribution is 2.35. The Balaban J connectivity index is 1.87. The molecule has 0 spiro atoms. The molecule has 0 amide bonds. The highest BCUT2D eigenvalue weighted by Gasteiger charge is 2.35. The third kappa shape index (κ3) is 3.60. The molecule has 6 heteroatoms. The summed E-state index contributed by atoms with van der Waals surface area (Å²) in [5.74, 6) is 1.55. The van der Waals surface area contributed by atoms with Crippen LogP contribution in [-0.4, -0.2) is 34.8 Å². The molecule has 1 aliphatic rings. The first-order valence-corrected chi connectivity index (χ1v) is 6.99. The number of carbonyl (C=O) groups excluding carboxylic acids is 1. The molecular weight excluding hydrogens is 250 g/mol. The lowest BCUT2D eigenvalue weighted by Crippen LogP contribution is -2.07. The molecule has 1 aromatic heterocycles. The fourth-order valence-corrected chi connectivity index (χ4v) is 2.43. The Bertz CT molecular complexity index is 428. The average molecular weight is 267 g/mol. The fraction of sp³-hybridized carbons (Fsp3) is 0.583. The second-order valence-electron chi connectivity index (χ2n) is 4.26. The molecule has 1 N–H and O–H groups in total. The summed E-state index contributed by atoms with van der Waals surface area (Å²) < 4.78 is 4.58. The minimum absolute atomic E-state index is 0.256. The van der Waals surface area contributed by atoms with Crippen LogP contribution in [0.25, 0.3) is 0 Å². The zero-order valence-electron chi connectivity index (χ0n) is 10.5. The second-order valence-corrected chi connectivity index (χ2v) is 5.26. The fourth-order valence-electron chi connectivity index (χ4n) is 1.74. The summed E-state index contributed by atoms with van der Waals surface area (Å²) in [5.41, 5.74) is 0. The molecule has 0 aromatic carbocycles. The summed E-state index contributed by atoms with van der Waals surface area (Å²) in [6.07, 6.45) is 5.77. The molecule has 0 radical (unpaired) electrons. The van der Waals surface area contributed by atoms with Crippen LogP contribution in [0.15, 0.2) is 17.4 Å². The van der Waals surface area contributed by atoms with E-state index in [9.17, 15) is 4.79 Å². The number of aromatic nitrogens is 2. The first kappa shape index (κ1) is 13.1. The van der Waals surface area contributed by atoms with E-state index in [2.05, 4.69) is 26.9 Å². The SMILES string of the molecule is CCC1CC1Nc1cncc(SCC(=O)OC)n1. The lowest BCUT2D eigenvalue weighted by Gasteiger charge is -2.05. The maximum absolute atomic E-state index is 11.0. The van der Waals surface area contributed by atoms with Gasteiger partial charge in [-0.15, -0.1) is 0 Å². The molecule has 1 aromatic rings. The van der Waals surface area contributed by atoms with Crippen molar-refractivity contribution in [1.29, 1.82) is 0 Å². The van der Waals surface area contributed by atoms with Crippen LogP contribution in [-0.2, 0) is 9.53 Å². The van der Waals surface area contributed by atoms with Gasteiger partial charge in [-0.2, -0.15) is 0 Å². The summed E-state index contributed by atoms with van der Waals surface area (Å²) in [6, 6.07) is 0.533. The van der Waals surface area contributed by atoms with Gasteiger partial charge in [-0.3, -0.25) is 9.78 Å². The average Bonchev–Trinajstić information content (AvgIpc) is 3.14. The molecule has 1 aliphatic carbocycles. The van der Waals surface area contributed by atoms with Gasteiger partial charge >= 0.3 is 5.97 Å². The van der Waals surface area contributed by atoms with E-state index in [1.165, 1.54) is 31.7 Å². The Labute approximate surface area is 111 Å². The lowest BCUT2D eigenvalue weighted by molar-refractivity contribution is -0.137. The minimum atomic E-state index is -0.256. The quantitative estimate of drug-likeness (QED) is 0.628. The predicted octanol–water partition coefficient (Wildman–Crippen LogP) is 1.95. The maximum Gasteiger partial charge on any atom is 0.316 e. The summed E-state index contributed by atoms with van der Waals surface area (Å²) >= 11 is 1.33. The number of nitrogens with zero attached hydrogens (tertiary/aromatic N) is 2. The number of carbonyl (C=O) groups is 1. The van der Waals surface area contributed by atoms with E-state index in [0.29, 0.717) is 6.04 Å². The molecule has 1 heterocycles. The van der Waals surface area contributed by atoms with Crippen molar-refractivity contribution in [1.82, 2.24) is 9.97 Å². The van der Waals surface area contributed by atoms with Gasteiger partial charge in [0.25, 0.3) is 0 Å². The van der Waals surface area contributed by atoms with E-state index in [0.717, 1.165) is 16.8 Å². The molecule has 2 atom stereocenters. The van der Waals surface area contributed by atoms with Crippen LogP contribution < -0.4 is 5.32 Å². The van der Waals surface area contributed by atoms with Crippen molar-refractivity contribution in [2.45, 2.75) is 30.8 Å². The lowest BCUT2D eigenvalue weighted by atomic mass is 10.3. The van der Waals surface area contributed by atoms with Crippen LogP contribution in [0.1, 0.15) is 19.8 Å². The number of esters is 1. The number of anilines is 1. The van der Waals surface area contributed by atoms with Crippen LogP contribution in [0.5, 0.6) is 0 Å². The summed E-state index contributed by atoms with van der Waals surface area (Å²) in [7, 11) is 1.38. The number of rotatable bonds is 6. The molecule has 1 saturated carbocycles. The maximum atomic E-state index is 11.0. The number of ether oxygens (including phenoxy) is 1. The summed E-state index contributed by atoms with van der Waals surface area (Å²) in [5, 5.41) is 4.09. The topological polar surface area (TPSA) is 64.1 Å². The van der Waals surface area contributed by atoms with Gasteiger partial charge in [-0.05, 0) is 12.3 Å². The third-order valence-corrected chi connectivity index (χ3v) is 3.83. The Morgan fingerprint density at radius 3 is 3.11 bits per heavy atom. The van der Waals surface area contributed by atoms with Crippen molar-refractivity contribution in [2.75, 3.05) is 18.2 Å². The van der Waals surface area contributed by atoms with Crippen molar-refractivity contribution in [3.8, 4) is 0 Å². The Hall–Kier alpha value is -1.30. The largest absolute Gasteiger partial charge is 0.468 e. The Morgan fingerprint density at radius 1 is 1.61 bits per heavy atom. The van der Waals surface area contributed by atoms with Crippen molar-refractivity contribution in [2.24, 2.45) is 5.92 Å². The molecule has 2 rings (SSSR count). The van der Waals surface area contributed by atoms with Gasteiger partial charge in [-0.25, -0.2) is 4.98 Å². The molecule has 0 aliphatic heterocycles. The first-order chi connectivity index (χ1) is 8.72. The van der Waals surface area contributed by atoms with Crippen molar-refractivity contribution in [3.05, 3.63) is 12.4 Å². The summed E-state index contributed by atoms with van der Waals surface area (Å²) in [6.45, 7) is 2.20. The zero-order chi connectivity index (χ0) is 13.0. The Morgan fingerprint density at radius 2 is 2.44 bits per heavy atom. The summed E-state index contributed by atoms with van der Waals surface area (Å²) in [4.78, 5) is 19.6. The highest BCUT2D eigenvalue weighted by molar-refractivity contribution is 7.99. The van der Waals surface area contributed by atoms with E-state index in [-0.39, 0.29) is 11.7 Å². The van der Waals surface area contributed by atoms with Crippen molar-refractivity contribution in [3.63, 3.8) is 0 Å². The van der Waals surface area contributed by atoms with Crippen LogP contribution in [0.2, 0.25) is 0 Å². The number of thioether (sulfide) groups is 1. The van der Waals surface area contributed by atoms with E-state index in [4.69, 9.17) is 0 Å². The monoisotopic (exact) mass is 267 g/mol. The smallest absolute Gasteiger partial charge is 0.316 e. The van der Waals surface area contributed by atoms with Gasteiger partial charge in [0.05, 0.1) is 25.3 Å². The van der Waals surface area contributed by atoms with Crippen LogP contribution in [0.4, 0.5) is 5.82 Å². The van der Waals surface area contributed by atoms with Gasteiger partial charge in [0.15, 0.2) is 0 Å². The number of hydrogen-bond donors (Lipinski definition) is 1. The molecule has 98 valence electrons. The van der Waals surface area contributed by atoms with E-state index >= 15 is 0 Å². The van der Waals surface area contributed by atoms with Crippen LogP contribution in [0.3, 0.4) is 0 Å². The standard InChI is InChI=1S/C12H17N3O2S/c1-3-8-4-9(8)14-10-5-13-6-11(15-10)18-7-12(16)17-2/h5-6,8-9H,3-4,7H2,1-2H3,(H,14,15). The van der Waals surface area contributed by atoms with Gasteiger partial charge in [0.1, 0.15) is 10.8 Å². The van der Waals surface area contributed by atoms with Crippen LogP contribution in [0, 0.1) is 5.92 Å². The molecule has 18 heavy (non-hydrogen) atoms. The van der Waals surface area contributed by atoms with E-state index in [1.807, 2.05) is 0 Å². The number of methoxy groups -OCH3 is 1. The highest BCUT2D eigenvalue weighted by atomic mass is 32.2. The Kier molecular flexibility index (Phi) is 4.41. The normalized spacial score (nSPS) is 21.4. The zero-order valence-corrected chi connectivity index (χ0v) is 11.4. The third-order valence-electron chi connectivity index (χ3n) is 2.96. The molecule has 0 bridgehead atoms. The van der Waals surface area contributed by atoms with Gasteiger partial charge < -0.3 is 10.1 Å². The number of nitrogens with one attached hydrogen (secondary N) is 1. The van der Waals surface area contributed by atoms with Gasteiger partial charge in [0.2, 0.25) is 0 Å². The second kappa shape index (κ2) is 6.04. The first-order valence-electron chi connectivity index (χ1n) is 6.01.